The summed E-state index contributed by atoms with van der Waals surface area (Å²) in [7, 11) is 0. The molecule has 8 nitrogen and oxygen atoms in total. The lowest BCUT2D eigenvalue weighted by Crippen LogP contribution is -2.30. The second kappa shape index (κ2) is 7.87. The number of amides is 2. The fraction of sp³-hybridized carbons (Fsp3) is 0. The average molecular weight is 365 g/mol. The minimum atomic E-state index is -1.37. The van der Waals surface area contributed by atoms with Gasteiger partial charge < -0.3 is 29.4 Å². The van der Waals surface area contributed by atoms with Crippen LogP contribution in [0, 0.1) is 0 Å². The van der Waals surface area contributed by atoms with E-state index in [4.69, 9.17) is 8.83 Å². The fourth-order valence-corrected chi connectivity index (χ4v) is 2.19. The van der Waals surface area contributed by atoms with Crippen molar-refractivity contribution in [3.8, 4) is 0 Å². The summed E-state index contributed by atoms with van der Waals surface area (Å²) in [5.41, 5.74) is 0.00785. The smallest absolute Gasteiger partial charge is 0.291 e. The SMILES string of the molecule is O=C(Nc1cccc(C(=O)[O-])c1)/C(=C/c1ccco1)NC(=O)c1ccco1. The Bertz CT molecular complexity index is 987. The van der Waals surface area contributed by atoms with Gasteiger partial charge in [0.1, 0.15) is 11.5 Å². The van der Waals surface area contributed by atoms with E-state index in [1.54, 1.807) is 12.1 Å². The van der Waals surface area contributed by atoms with Crippen molar-refractivity contribution in [3.05, 3.63) is 83.8 Å². The topological polar surface area (TPSA) is 125 Å². The number of furan rings is 2. The highest BCUT2D eigenvalue weighted by Gasteiger charge is 2.17. The van der Waals surface area contributed by atoms with Crippen LogP contribution in [0.2, 0.25) is 0 Å². The third-order valence-electron chi connectivity index (χ3n) is 3.42. The van der Waals surface area contributed by atoms with Gasteiger partial charge in [0.05, 0.1) is 18.5 Å². The van der Waals surface area contributed by atoms with Gasteiger partial charge in [0.15, 0.2) is 5.76 Å². The van der Waals surface area contributed by atoms with Crippen LogP contribution in [0.5, 0.6) is 0 Å². The molecule has 0 aliphatic rings. The van der Waals surface area contributed by atoms with Gasteiger partial charge in [0.2, 0.25) is 0 Å². The molecule has 0 bridgehead atoms. The first kappa shape index (κ1) is 17.7. The van der Waals surface area contributed by atoms with Gasteiger partial charge >= 0.3 is 0 Å². The van der Waals surface area contributed by atoms with Crippen LogP contribution in [-0.2, 0) is 4.79 Å². The summed E-state index contributed by atoms with van der Waals surface area (Å²) in [5, 5.41) is 15.9. The van der Waals surface area contributed by atoms with E-state index in [0.717, 1.165) is 0 Å². The van der Waals surface area contributed by atoms with Gasteiger partial charge in [-0.2, -0.15) is 0 Å². The Morgan fingerprint density at radius 3 is 2.41 bits per heavy atom. The van der Waals surface area contributed by atoms with Crippen LogP contribution in [0.15, 0.2) is 75.6 Å². The van der Waals surface area contributed by atoms with Crippen molar-refractivity contribution >= 4 is 29.5 Å². The highest BCUT2D eigenvalue weighted by Crippen LogP contribution is 2.13. The van der Waals surface area contributed by atoms with Crippen molar-refractivity contribution < 1.29 is 28.3 Å². The number of benzene rings is 1. The average Bonchev–Trinajstić information content (AvgIpc) is 3.35. The molecule has 0 fully saturated rings. The molecule has 0 unspecified atom stereocenters. The number of anilines is 1. The molecule has 1 aromatic carbocycles. The number of carboxylic acid groups (broad SMARTS) is 1. The lowest BCUT2D eigenvalue weighted by Gasteiger charge is -2.11. The molecule has 0 atom stereocenters. The van der Waals surface area contributed by atoms with E-state index in [-0.39, 0.29) is 22.7 Å². The maximum absolute atomic E-state index is 12.6. The Balaban J connectivity index is 1.83. The van der Waals surface area contributed by atoms with Crippen LogP contribution in [0.3, 0.4) is 0 Å². The molecule has 0 saturated heterocycles. The van der Waals surface area contributed by atoms with Crippen molar-refractivity contribution in [1.82, 2.24) is 5.32 Å². The van der Waals surface area contributed by atoms with E-state index >= 15 is 0 Å². The predicted molar refractivity (Wildman–Crippen MR) is 92.3 cm³/mol. The fourth-order valence-electron chi connectivity index (χ4n) is 2.19. The second-order valence-corrected chi connectivity index (χ2v) is 5.33. The maximum atomic E-state index is 12.6. The summed E-state index contributed by atoms with van der Waals surface area (Å²) in [6.07, 6.45) is 4.08. The summed E-state index contributed by atoms with van der Waals surface area (Å²) in [5.74, 6) is -2.32. The minimum absolute atomic E-state index is 0.0205. The molecular weight excluding hydrogens is 352 g/mol. The van der Waals surface area contributed by atoms with E-state index in [9.17, 15) is 19.5 Å². The second-order valence-electron chi connectivity index (χ2n) is 5.33. The zero-order chi connectivity index (χ0) is 19.2. The molecule has 2 heterocycles. The normalized spacial score (nSPS) is 11.0. The molecule has 0 saturated carbocycles. The van der Waals surface area contributed by atoms with Crippen molar-refractivity contribution in [2.45, 2.75) is 0 Å². The zero-order valence-electron chi connectivity index (χ0n) is 13.8. The molecular formula is C19H13N2O6-. The number of aromatic carboxylic acids is 1. The Labute approximate surface area is 153 Å². The van der Waals surface area contributed by atoms with Gasteiger partial charge in [0, 0.05) is 11.8 Å². The van der Waals surface area contributed by atoms with Crippen molar-refractivity contribution in [1.29, 1.82) is 0 Å². The third kappa shape index (κ3) is 4.51. The van der Waals surface area contributed by atoms with Gasteiger partial charge in [-0.05, 0) is 42.0 Å². The molecule has 3 rings (SSSR count). The van der Waals surface area contributed by atoms with Gasteiger partial charge in [-0.15, -0.1) is 0 Å². The monoisotopic (exact) mass is 365 g/mol. The summed E-state index contributed by atoms with van der Waals surface area (Å²) in [6.45, 7) is 0. The Morgan fingerprint density at radius 1 is 0.963 bits per heavy atom. The largest absolute Gasteiger partial charge is 0.545 e. The first-order valence-corrected chi connectivity index (χ1v) is 7.76. The van der Waals surface area contributed by atoms with E-state index in [2.05, 4.69) is 10.6 Å². The number of hydrogen-bond acceptors (Lipinski definition) is 6. The molecule has 0 spiro atoms. The van der Waals surface area contributed by atoms with Gasteiger partial charge in [-0.1, -0.05) is 12.1 Å². The molecule has 0 aliphatic carbocycles. The molecule has 8 heteroatoms. The number of rotatable bonds is 6. The maximum Gasteiger partial charge on any atom is 0.291 e. The summed E-state index contributed by atoms with van der Waals surface area (Å²) >= 11 is 0. The molecule has 2 N–H and O–H groups in total. The number of carboxylic acids is 1. The Hall–Kier alpha value is -4.07. The standard InChI is InChI=1S/C19H14N2O6/c22-17(20-13-5-1-4-12(10-13)19(24)25)15(11-14-6-2-8-26-14)21-18(23)16-7-3-9-27-16/h1-11H,(H,20,22)(H,21,23)(H,24,25)/p-1/b15-11-. The van der Waals surface area contributed by atoms with Crippen molar-refractivity contribution in [2.75, 3.05) is 5.32 Å². The van der Waals surface area contributed by atoms with E-state index in [1.165, 1.54) is 55.0 Å². The van der Waals surface area contributed by atoms with Crippen LogP contribution in [-0.4, -0.2) is 17.8 Å². The predicted octanol–water partition coefficient (Wildman–Crippen LogP) is 1.65. The lowest BCUT2D eigenvalue weighted by atomic mass is 10.2. The van der Waals surface area contributed by atoms with Crippen molar-refractivity contribution in [2.24, 2.45) is 0 Å². The summed E-state index contributed by atoms with van der Waals surface area (Å²) in [4.78, 5) is 35.7. The number of hydrogen-bond donors (Lipinski definition) is 2. The molecule has 2 amide bonds. The van der Waals surface area contributed by atoms with Crippen LogP contribution in [0.1, 0.15) is 26.7 Å². The van der Waals surface area contributed by atoms with E-state index in [0.29, 0.717) is 5.76 Å². The van der Waals surface area contributed by atoms with Gasteiger partial charge in [-0.25, -0.2) is 0 Å². The van der Waals surface area contributed by atoms with Crippen molar-refractivity contribution in [3.63, 3.8) is 0 Å². The summed E-state index contributed by atoms with van der Waals surface area (Å²) < 4.78 is 10.2. The quantitative estimate of drug-likeness (QED) is 0.640. The van der Waals surface area contributed by atoms with Crippen LogP contribution in [0.4, 0.5) is 5.69 Å². The number of carbonyl (C=O) groups excluding carboxylic acids is 3. The third-order valence-corrected chi connectivity index (χ3v) is 3.42. The molecule has 27 heavy (non-hydrogen) atoms. The Morgan fingerprint density at radius 2 is 1.74 bits per heavy atom. The lowest BCUT2D eigenvalue weighted by molar-refractivity contribution is -0.255. The minimum Gasteiger partial charge on any atom is -0.545 e. The first-order chi connectivity index (χ1) is 13.0. The van der Waals surface area contributed by atoms with Crippen LogP contribution < -0.4 is 15.7 Å². The van der Waals surface area contributed by atoms with Gasteiger partial charge in [0.25, 0.3) is 11.8 Å². The van der Waals surface area contributed by atoms with Crippen LogP contribution >= 0.6 is 0 Å². The van der Waals surface area contributed by atoms with E-state index < -0.39 is 17.8 Å². The molecule has 3 aromatic rings. The van der Waals surface area contributed by atoms with E-state index in [1.807, 2.05) is 0 Å². The highest BCUT2D eigenvalue weighted by molar-refractivity contribution is 6.10. The summed E-state index contributed by atoms with van der Waals surface area (Å²) in [6, 6.07) is 11.7. The zero-order valence-corrected chi connectivity index (χ0v) is 13.8. The number of carbonyl (C=O) groups is 3. The molecule has 2 aromatic heterocycles. The first-order valence-electron chi connectivity index (χ1n) is 7.76. The number of nitrogens with one attached hydrogen (secondary N) is 2. The molecule has 136 valence electrons. The Kier molecular flexibility index (Phi) is 5.17. The highest BCUT2D eigenvalue weighted by atomic mass is 16.4. The van der Waals surface area contributed by atoms with Crippen LogP contribution in [0.25, 0.3) is 6.08 Å². The molecule has 0 aliphatic heterocycles. The van der Waals surface area contributed by atoms with Gasteiger partial charge in [-0.3, -0.25) is 9.59 Å². The molecule has 0 radical (unpaired) electrons.